The number of nitrogens with one attached hydrogen (secondary N) is 2. The summed E-state index contributed by atoms with van der Waals surface area (Å²) in [7, 11) is 0. The van der Waals surface area contributed by atoms with Gasteiger partial charge in [-0.2, -0.15) is 0 Å². The summed E-state index contributed by atoms with van der Waals surface area (Å²) in [6, 6.07) is 5.20. The molecule has 6 heteroatoms. The van der Waals surface area contributed by atoms with Crippen molar-refractivity contribution >= 4 is 17.0 Å². The lowest BCUT2D eigenvalue weighted by atomic mass is 9.94. The summed E-state index contributed by atoms with van der Waals surface area (Å²) in [4.78, 5) is 27.2. The second-order valence-corrected chi connectivity index (χ2v) is 4.36. The Morgan fingerprint density at radius 3 is 2.71 bits per heavy atom. The standard InChI is InChI=1S/C11H13N3O3/c1-11(12,9(15)16)5-6-2-3-7-8(4-6)14-10(17)13-7/h2-4H,5,12H2,1H3,(H,15,16)(H2,13,14,17)/t11-/m0/s1. The number of carbonyl (C=O) groups is 1. The molecule has 17 heavy (non-hydrogen) atoms. The van der Waals surface area contributed by atoms with Crippen molar-refractivity contribution < 1.29 is 9.90 Å². The maximum Gasteiger partial charge on any atom is 0.323 e. The topological polar surface area (TPSA) is 112 Å². The van der Waals surface area contributed by atoms with E-state index in [0.717, 1.165) is 5.56 Å². The summed E-state index contributed by atoms with van der Waals surface area (Å²) in [6.45, 7) is 1.46. The van der Waals surface area contributed by atoms with Gasteiger partial charge in [-0.05, 0) is 24.6 Å². The molecular formula is C11H13N3O3. The van der Waals surface area contributed by atoms with Crippen LogP contribution in [0.3, 0.4) is 0 Å². The number of carboxylic acid groups (broad SMARTS) is 1. The van der Waals surface area contributed by atoms with Gasteiger partial charge >= 0.3 is 11.7 Å². The Balaban J connectivity index is 2.37. The molecule has 1 aromatic heterocycles. The monoisotopic (exact) mass is 235 g/mol. The van der Waals surface area contributed by atoms with E-state index in [9.17, 15) is 9.59 Å². The SMILES string of the molecule is C[C@](N)(Cc1ccc2[nH]c(=O)[nH]c2c1)C(=O)O. The highest BCUT2D eigenvalue weighted by Crippen LogP contribution is 2.15. The molecule has 0 saturated heterocycles. The number of hydrogen-bond acceptors (Lipinski definition) is 3. The van der Waals surface area contributed by atoms with E-state index < -0.39 is 11.5 Å². The van der Waals surface area contributed by atoms with Gasteiger partial charge in [-0.15, -0.1) is 0 Å². The highest BCUT2D eigenvalue weighted by molar-refractivity contribution is 5.79. The first-order valence-corrected chi connectivity index (χ1v) is 5.12. The van der Waals surface area contributed by atoms with Crippen LogP contribution in [-0.2, 0) is 11.2 Å². The van der Waals surface area contributed by atoms with Gasteiger partial charge in [-0.3, -0.25) is 4.79 Å². The van der Waals surface area contributed by atoms with Gasteiger partial charge in [-0.1, -0.05) is 6.07 Å². The Morgan fingerprint density at radius 1 is 1.41 bits per heavy atom. The predicted octanol–water partition coefficient (Wildman–Crippen LogP) is 0.201. The maximum atomic E-state index is 11.1. The molecule has 0 fully saturated rings. The van der Waals surface area contributed by atoms with Crippen molar-refractivity contribution in [2.24, 2.45) is 5.73 Å². The van der Waals surface area contributed by atoms with Crippen molar-refractivity contribution in [2.75, 3.05) is 0 Å². The number of rotatable bonds is 3. The molecule has 0 saturated carbocycles. The van der Waals surface area contributed by atoms with Crippen molar-refractivity contribution in [3.63, 3.8) is 0 Å². The van der Waals surface area contributed by atoms with Crippen LogP contribution in [0.5, 0.6) is 0 Å². The molecule has 6 nitrogen and oxygen atoms in total. The molecule has 2 aromatic rings. The van der Waals surface area contributed by atoms with Gasteiger partial charge in [0.2, 0.25) is 0 Å². The normalized spacial score (nSPS) is 14.7. The van der Waals surface area contributed by atoms with Crippen molar-refractivity contribution in [3.8, 4) is 0 Å². The van der Waals surface area contributed by atoms with E-state index in [4.69, 9.17) is 10.8 Å². The smallest absolute Gasteiger partial charge is 0.323 e. The second-order valence-electron chi connectivity index (χ2n) is 4.36. The molecule has 0 spiro atoms. The third-order valence-corrected chi connectivity index (χ3v) is 2.64. The van der Waals surface area contributed by atoms with E-state index in [1.807, 2.05) is 0 Å². The lowest BCUT2D eigenvalue weighted by Crippen LogP contribution is -2.46. The first kappa shape index (κ1) is 11.4. The molecule has 0 aliphatic rings. The number of aliphatic carboxylic acids is 1. The highest BCUT2D eigenvalue weighted by Gasteiger charge is 2.28. The van der Waals surface area contributed by atoms with Crippen LogP contribution in [0.4, 0.5) is 0 Å². The third kappa shape index (κ3) is 2.21. The molecule has 0 aliphatic carbocycles. The Bertz CT molecular complexity index is 624. The number of aromatic nitrogens is 2. The summed E-state index contributed by atoms with van der Waals surface area (Å²) in [6.07, 6.45) is 0.200. The summed E-state index contributed by atoms with van der Waals surface area (Å²) in [5.41, 5.74) is 6.16. The van der Waals surface area contributed by atoms with Gasteiger partial charge in [-0.25, -0.2) is 4.79 Å². The average Bonchev–Trinajstić information content (AvgIpc) is 2.56. The fraction of sp³-hybridized carbons (Fsp3) is 0.273. The highest BCUT2D eigenvalue weighted by atomic mass is 16.4. The summed E-state index contributed by atoms with van der Waals surface area (Å²) in [5.74, 6) is -1.06. The van der Waals surface area contributed by atoms with Crippen LogP contribution in [0.25, 0.3) is 11.0 Å². The van der Waals surface area contributed by atoms with E-state index in [1.54, 1.807) is 18.2 Å². The first-order valence-electron chi connectivity index (χ1n) is 5.12. The second kappa shape index (κ2) is 3.74. The third-order valence-electron chi connectivity index (χ3n) is 2.64. The van der Waals surface area contributed by atoms with Crippen LogP contribution >= 0.6 is 0 Å². The molecular weight excluding hydrogens is 222 g/mol. The van der Waals surface area contributed by atoms with Crippen LogP contribution in [0.1, 0.15) is 12.5 Å². The number of H-pyrrole nitrogens is 2. The summed E-state index contributed by atoms with van der Waals surface area (Å²) in [5, 5.41) is 8.93. The molecule has 90 valence electrons. The minimum atomic E-state index is -1.32. The maximum absolute atomic E-state index is 11.1. The molecule has 5 N–H and O–H groups in total. The minimum absolute atomic E-state index is 0.200. The van der Waals surface area contributed by atoms with E-state index in [2.05, 4.69) is 9.97 Å². The Morgan fingerprint density at radius 2 is 2.06 bits per heavy atom. The van der Waals surface area contributed by atoms with Crippen LogP contribution in [0.2, 0.25) is 0 Å². The van der Waals surface area contributed by atoms with E-state index in [-0.39, 0.29) is 12.1 Å². The molecule has 1 aromatic carbocycles. The molecule has 2 rings (SSSR count). The van der Waals surface area contributed by atoms with Gasteiger partial charge in [0, 0.05) is 6.42 Å². The zero-order valence-corrected chi connectivity index (χ0v) is 9.28. The molecule has 0 bridgehead atoms. The van der Waals surface area contributed by atoms with Crippen LogP contribution in [0, 0.1) is 0 Å². The number of fused-ring (bicyclic) bond motifs is 1. The number of aromatic amines is 2. The van der Waals surface area contributed by atoms with Gasteiger partial charge in [0.25, 0.3) is 0 Å². The van der Waals surface area contributed by atoms with Crippen molar-refractivity contribution in [1.82, 2.24) is 9.97 Å². The fourth-order valence-corrected chi connectivity index (χ4v) is 1.69. The van der Waals surface area contributed by atoms with E-state index >= 15 is 0 Å². The minimum Gasteiger partial charge on any atom is -0.480 e. The fourth-order valence-electron chi connectivity index (χ4n) is 1.69. The Kier molecular flexibility index (Phi) is 2.51. The van der Waals surface area contributed by atoms with Crippen molar-refractivity contribution in [1.29, 1.82) is 0 Å². The largest absolute Gasteiger partial charge is 0.480 e. The van der Waals surface area contributed by atoms with E-state index in [1.165, 1.54) is 6.92 Å². The quantitative estimate of drug-likeness (QED) is 0.608. The van der Waals surface area contributed by atoms with Crippen LogP contribution in [-0.4, -0.2) is 26.6 Å². The number of nitrogens with two attached hydrogens (primary N) is 1. The average molecular weight is 235 g/mol. The number of carboxylic acids is 1. The lowest BCUT2D eigenvalue weighted by Gasteiger charge is -2.18. The van der Waals surface area contributed by atoms with E-state index in [0.29, 0.717) is 11.0 Å². The van der Waals surface area contributed by atoms with Crippen LogP contribution in [0.15, 0.2) is 23.0 Å². The molecule has 0 radical (unpaired) electrons. The molecule has 1 atom stereocenters. The molecule has 1 heterocycles. The molecule has 0 amide bonds. The van der Waals surface area contributed by atoms with Gasteiger partial charge < -0.3 is 20.8 Å². The van der Waals surface area contributed by atoms with Crippen molar-refractivity contribution in [2.45, 2.75) is 18.9 Å². The summed E-state index contributed by atoms with van der Waals surface area (Å²) < 4.78 is 0. The number of hydrogen-bond donors (Lipinski definition) is 4. The number of benzene rings is 1. The van der Waals surface area contributed by atoms with Gasteiger partial charge in [0.15, 0.2) is 0 Å². The zero-order valence-electron chi connectivity index (χ0n) is 9.28. The van der Waals surface area contributed by atoms with Crippen molar-refractivity contribution in [3.05, 3.63) is 34.2 Å². The predicted molar refractivity (Wildman–Crippen MR) is 62.9 cm³/mol. The summed E-state index contributed by atoms with van der Waals surface area (Å²) >= 11 is 0. The molecule has 0 aliphatic heterocycles. The van der Waals surface area contributed by atoms with Crippen LogP contribution < -0.4 is 11.4 Å². The Labute approximate surface area is 96.5 Å². The first-order chi connectivity index (χ1) is 7.88. The van der Waals surface area contributed by atoms with Gasteiger partial charge in [0.05, 0.1) is 11.0 Å². The lowest BCUT2D eigenvalue weighted by molar-refractivity contribution is -0.142. The zero-order chi connectivity index (χ0) is 12.6. The Hall–Kier alpha value is -2.08. The number of imidazole rings is 1. The molecule has 0 unspecified atom stereocenters. The van der Waals surface area contributed by atoms with Gasteiger partial charge in [0.1, 0.15) is 5.54 Å².